The van der Waals surface area contributed by atoms with Crippen molar-refractivity contribution in [2.45, 2.75) is 24.9 Å². The molecule has 0 bridgehead atoms. The highest BCUT2D eigenvalue weighted by atomic mass is 32.1. The Morgan fingerprint density at radius 1 is 1.44 bits per heavy atom. The lowest BCUT2D eigenvalue weighted by Gasteiger charge is -2.18. The first-order valence-electron chi connectivity index (χ1n) is 7.25. The zero-order valence-corrected chi connectivity index (χ0v) is 15.9. The number of phosphoric ester groups is 1. The Morgan fingerprint density at radius 2 is 2.15 bits per heavy atom. The van der Waals surface area contributed by atoms with Crippen molar-refractivity contribution >= 4 is 45.0 Å². The first-order valence-corrected chi connectivity index (χ1v) is 10.7. The predicted octanol–water partition coefficient (Wildman–Crippen LogP) is -0.0542. The van der Waals surface area contributed by atoms with E-state index in [1.807, 2.05) is 0 Å². The highest BCUT2D eigenvalue weighted by Crippen LogP contribution is 2.57. The summed E-state index contributed by atoms with van der Waals surface area (Å²) in [4.78, 5) is 37.2. The molecule has 3 rings (SSSR count). The molecule has 150 valence electrons. The van der Waals surface area contributed by atoms with Crippen LogP contribution >= 0.6 is 27.9 Å². The number of rotatable bonds is 6. The van der Waals surface area contributed by atoms with Gasteiger partial charge in [0.05, 0.1) is 19.0 Å². The van der Waals surface area contributed by atoms with E-state index in [4.69, 9.17) is 32.5 Å². The number of nitrogens with two attached hydrogens (primary N) is 1. The topological polar surface area (TPSA) is 215 Å². The number of ether oxygens (including phenoxy) is 1. The Labute approximate surface area is 155 Å². The molecule has 0 spiro atoms. The van der Waals surface area contributed by atoms with Gasteiger partial charge in [0.2, 0.25) is 0 Å². The van der Waals surface area contributed by atoms with Crippen LogP contribution in [0.3, 0.4) is 0 Å². The van der Waals surface area contributed by atoms with Crippen LogP contribution in [0.1, 0.15) is 12.6 Å². The zero-order chi connectivity index (χ0) is 20.0. The minimum Gasteiger partial charge on any atom is -0.390 e. The third-order valence-corrected chi connectivity index (χ3v) is 6.03. The minimum absolute atomic E-state index is 0.0588. The van der Waals surface area contributed by atoms with E-state index >= 15 is 0 Å². The van der Waals surface area contributed by atoms with E-state index in [0.29, 0.717) is 11.2 Å². The maximum Gasteiger partial charge on any atom is 0.481 e. The first-order chi connectivity index (χ1) is 12.5. The van der Waals surface area contributed by atoms with Crippen molar-refractivity contribution in [3.05, 3.63) is 11.0 Å². The lowest BCUT2D eigenvalue weighted by molar-refractivity contribution is -0.0423. The summed E-state index contributed by atoms with van der Waals surface area (Å²) in [7, 11) is -10.3. The zero-order valence-electron chi connectivity index (χ0n) is 13.3. The van der Waals surface area contributed by atoms with Crippen molar-refractivity contribution in [2.75, 3.05) is 12.3 Å². The highest BCUT2D eigenvalue weighted by Gasteiger charge is 2.39. The van der Waals surface area contributed by atoms with E-state index in [-0.39, 0.29) is 17.0 Å². The Morgan fingerprint density at radius 3 is 2.81 bits per heavy atom. The summed E-state index contributed by atoms with van der Waals surface area (Å²) in [6, 6.07) is 0. The summed E-state index contributed by atoms with van der Waals surface area (Å²) in [5, 5.41) is 10.1. The normalized spacial score (nSPS) is 25.7. The maximum absolute atomic E-state index is 11.5. The summed E-state index contributed by atoms with van der Waals surface area (Å²) in [5.41, 5.74) is 6.40. The van der Waals surface area contributed by atoms with Gasteiger partial charge >= 0.3 is 15.6 Å². The van der Waals surface area contributed by atoms with Gasteiger partial charge in [-0.2, -0.15) is 4.31 Å². The smallest absolute Gasteiger partial charge is 0.390 e. The molecule has 4 atom stereocenters. The van der Waals surface area contributed by atoms with Crippen molar-refractivity contribution in [3.63, 3.8) is 0 Å². The van der Waals surface area contributed by atoms with E-state index in [2.05, 4.69) is 23.8 Å². The van der Waals surface area contributed by atoms with Crippen molar-refractivity contribution in [1.29, 1.82) is 0 Å². The van der Waals surface area contributed by atoms with Crippen LogP contribution in [0.2, 0.25) is 0 Å². The Hall–Kier alpha value is -1.25. The minimum atomic E-state index is -5.24. The lowest BCUT2D eigenvalue weighted by Crippen LogP contribution is -2.26. The molecule has 14 nitrogen and oxygen atoms in total. The number of nitrogen functional groups attached to an aromatic ring is 1. The van der Waals surface area contributed by atoms with Gasteiger partial charge in [0.15, 0.2) is 10.6 Å². The molecule has 0 amide bonds. The molecule has 2 aromatic heterocycles. The molecule has 7 N–H and O–H groups in total. The Balaban J connectivity index is 1.73. The van der Waals surface area contributed by atoms with Crippen LogP contribution in [0.15, 0.2) is 6.33 Å². The third-order valence-electron chi connectivity index (χ3n) is 3.59. The standard InChI is InChI=1S/C10H15N5O9P2S/c11-10-13-8-7(9(27)14-10)12-3-15(8)6-1-4(16)5(23-6)2-22-26(20,21)24-25(17,18)19/h3-6,16H,1-2H2,(H,20,21)(H2,17,18,19)(H3,11,13,14,27)/t4-,5+,6+/m0/s1. The van der Waals surface area contributed by atoms with Gasteiger partial charge in [-0.15, -0.1) is 0 Å². The number of hydrogen-bond donors (Lipinski definition) is 6. The predicted molar refractivity (Wildman–Crippen MR) is 90.6 cm³/mol. The number of aliphatic hydroxyl groups excluding tert-OH is 1. The molecule has 0 aliphatic carbocycles. The van der Waals surface area contributed by atoms with Crippen LogP contribution in [-0.4, -0.2) is 58.1 Å². The van der Waals surface area contributed by atoms with Gasteiger partial charge in [-0.05, 0) is 0 Å². The van der Waals surface area contributed by atoms with Gasteiger partial charge < -0.3 is 35.2 Å². The fourth-order valence-corrected chi connectivity index (χ4v) is 4.38. The van der Waals surface area contributed by atoms with E-state index in [1.165, 1.54) is 10.9 Å². The van der Waals surface area contributed by atoms with E-state index < -0.39 is 40.7 Å². The van der Waals surface area contributed by atoms with Crippen LogP contribution in [-0.2, 0) is 22.7 Å². The summed E-state index contributed by atoms with van der Waals surface area (Å²) in [6.07, 6.45) is -1.46. The quantitative estimate of drug-likeness (QED) is 0.255. The van der Waals surface area contributed by atoms with Crippen molar-refractivity contribution < 1.29 is 42.5 Å². The summed E-state index contributed by atoms with van der Waals surface area (Å²) in [6.45, 7) is -0.655. The first kappa shape index (κ1) is 20.5. The number of H-pyrrole nitrogens is 1. The van der Waals surface area contributed by atoms with Crippen LogP contribution in [0.5, 0.6) is 0 Å². The molecule has 1 saturated heterocycles. The largest absolute Gasteiger partial charge is 0.481 e. The lowest BCUT2D eigenvalue weighted by atomic mass is 10.2. The SMILES string of the molecule is Nc1nc(=S)c2ncn([C@H]3C[C@H](O)[C@@H](COP(=O)(O)OP(=O)(O)O)O3)c2[nH]1. The Bertz CT molecular complexity index is 1000. The van der Waals surface area contributed by atoms with Gasteiger partial charge in [0, 0.05) is 6.42 Å². The summed E-state index contributed by atoms with van der Waals surface area (Å²) >= 11 is 5.07. The average molecular weight is 443 g/mol. The molecule has 2 aromatic rings. The van der Waals surface area contributed by atoms with Gasteiger partial charge in [0.25, 0.3) is 0 Å². The summed E-state index contributed by atoms with van der Waals surface area (Å²) < 4.78 is 37.5. The fraction of sp³-hybridized carbons (Fsp3) is 0.500. The number of aliphatic hydroxyl groups is 1. The number of hydrogen-bond acceptors (Lipinski definition) is 10. The number of fused-ring (bicyclic) bond motifs is 1. The van der Waals surface area contributed by atoms with Crippen molar-refractivity contribution in [3.8, 4) is 0 Å². The molecule has 3 heterocycles. The molecule has 1 aliphatic rings. The number of aromatic amines is 1. The van der Waals surface area contributed by atoms with Crippen molar-refractivity contribution in [2.24, 2.45) is 0 Å². The maximum atomic E-state index is 11.5. The molecule has 1 aliphatic heterocycles. The van der Waals surface area contributed by atoms with Gasteiger partial charge in [-0.3, -0.25) is 9.09 Å². The molecule has 27 heavy (non-hydrogen) atoms. The second kappa shape index (κ2) is 7.29. The van der Waals surface area contributed by atoms with Crippen LogP contribution < -0.4 is 5.73 Å². The second-order valence-corrected chi connectivity index (χ2v) is 8.76. The number of nitrogens with one attached hydrogen (secondary N) is 1. The van der Waals surface area contributed by atoms with E-state index in [9.17, 15) is 19.1 Å². The number of nitrogens with zero attached hydrogens (tertiary/aromatic N) is 3. The number of aromatic nitrogens is 4. The molecule has 0 radical (unpaired) electrons. The highest BCUT2D eigenvalue weighted by molar-refractivity contribution is 7.71. The third kappa shape index (κ3) is 4.78. The van der Waals surface area contributed by atoms with Gasteiger partial charge in [-0.1, -0.05) is 12.2 Å². The molecule has 17 heteroatoms. The summed E-state index contributed by atoms with van der Waals surface area (Å²) in [5.74, 6) is 0.0588. The van der Waals surface area contributed by atoms with Crippen LogP contribution in [0, 0.1) is 4.64 Å². The fourth-order valence-electron chi connectivity index (χ4n) is 2.53. The number of anilines is 1. The average Bonchev–Trinajstić information content (AvgIpc) is 3.06. The van der Waals surface area contributed by atoms with Crippen LogP contribution in [0.25, 0.3) is 11.2 Å². The number of phosphoric acid groups is 2. The molecular weight excluding hydrogens is 428 g/mol. The molecule has 0 saturated carbocycles. The molecular formula is C10H15N5O9P2S. The molecule has 1 unspecified atom stereocenters. The number of imidazole rings is 1. The van der Waals surface area contributed by atoms with Gasteiger partial charge in [-0.25, -0.2) is 19.1 Å². The van der Waals surface area contributed by atoms with Crippen molar-refractivity contribution in [1.82, 2.24) is 19.5 Å². The molecule has 0 aromatic carbocycles. The second-order valence-electron chi connectivity index (χ2n) is 5.55. The molecule has 1 fully saturated rings. The van der Waals surface area contributed by atoms with E-state index in [1.54, 1.807) is 0 Å². The van der Waals surface area contributed by atoms with E-state index in [0.717, 1.165) is 0 Å². The van der Waals surface area contributed by atoms with Gasteiger partial charge in [0.1, 0.15) is 23.5 Å². The Kier molecular flexibility index (Phi) is 5.53. The van der Waals surface area contributed by atoms with Crippen LogP contribution in [0.4, 0.5) is 5.95 Å². The monoisotopic (exact) mass is 443 g/mol.